The Morgan fingerprint density at radius 2 is 1.80 bits per heavy atom. The zero-order chi connectivity index (χ0) is 24.5. The molecule has 9 nitrogen and oxygen atoms in total. The maximum absolute atomic E-state index is 12.9. The van der Waals surface area contributed by atoms with Gasteiger partial charge < -0.3 is 19.3 Å². The van der Waals surface area contributed by atoms with Gasteiger partial charge in [-0.1, -0.05) is 60.6 Å². The number of benzene rings is 2. The number of ether oxygens (including phenoxy) is 1. The zero-order valence-electron chi connectivity index (χ0n) is 18.8. The first kappa shape index (κ1) is 23.0. The van der Waals surface area contributed by atoms with Gasteiger partial charge in [0.05, 0.1) is 5.37 Å². The molecular formula is C25H23N3O6S. The van der Waals surface area contributed by atoms with E-state index in [4.69, 9.17) is 9.26 Å². The minimum absolute atomic E-state index is 0.0580. The molecule has 5 rings (SSSR count). The van der Waals surface area contributed by atoms with Crippen LogP contribution in [-0.4, -0.2) is 56.9 Å². The van der Waals surface area contributed by atoms with Gasteiger partial charge in [0.15, 0.2) is 5.69 Å². The van der Waals surface area contributed by atoms with Gasteiger partial charge >= 0.3 is 12.1 Å². The number of hydrogen-bond acceptors (Lipinski definition) is 7. The van der Waals surface area contributed by atoms with Crippen LogP contribution in [0.1, 0.15) is 40.9 Å². The molecule has 10 heteroatoms. The Labute approximate surface area is 205 Å². The van der Waals surface area contributed by atoms with Crippen molar-refractivity contribution in [1.82, 2.24) is 10.1 Å². The van der Waals surface area contributed by atoms with E-state index in [2.05, 4.69) is 22.6 Å². The Morgan fingerprint density at radius 3 is 2.43 bits per heavy atom. The Bertz CT molecular complexity index is 1250. The molecule has 1 fully saturated rings. The highest BCUT2D eigenvalue weighted by atomic mass is 32.2. The fraction of sp³-hybridized carbons (Fsp3) is 0.280. The number of aromatic nitrogens is 1. The van der Waals surface area contributed by atoms with E-state index in [1.807, 2.05) is 43.3 Å². The number of anilines is 1. The molecule has 2 heterocycles. The van der Waals surface area contributed by atoms with Gasteiger partial charge in [0.1, 0.15) is 12.6 Å². The molecule has 2 N–H and O–H groups in total. The topological polar surface area (TPSA) is 122 Å². The molecule has 0 bridgehead atoms. The summed E-state index contributed by atoms with van der Waals surface area (Å²) in [5.74, 6) is -1.47. The summed E-state index contributed by atoms with van der Waals surface area (Å²) in [5, 5.41) is 15.4. The molecular weight excluding hydrogens is 470 g/mol. The second-order valence-corrected chi connectivity index (χ2v) is 9.50. The van der Waals surface area contributed by atoms with E-state index in [0.29, 0.717) is 12.2 Å². The third kappa shape index (κ3) is 4.25. The summed E-state index contributed by atoms with van der Waals surface area (Å²) >= 11 is 1.41. The van der Waals surface area contributed by atoms with Crippen molar-refractivity contribution in [2.45, 2.75) is 30.7 Å². The number of rotatable bonds is 6. The number of carbonyl (C=O) groups excluding carboxylic acids is 2. The monoisotopic (exact) mass is 493 g/mol. The van der Waals surface area contributed by atoms with Gasteiger partial charge in [-0.25, -0.2) is 9.59 Å². The Kier molecular flexibility index (Phi) is 6.21. The van der Waals surface area contributed by atoms with Crippen LogP contribution in [0.4, 0.5) is 10.7 Å². The molecule has 2 amide bonds. The van der Waals surface area contributed by atoms with Crippen LogP contribution < -0.4 is 5.32 Å². The Balaban J connectivity index is 1.24. The number of nitrogens with zero attached hydrogens (tertiary/aromatic N) is 2. The van der Waals surface area contributed by atoms with Crippen LogP contribution in [0.25, 0.3) is 11.1 Å². The average molecular weight is 494 g/mol. The van der Waals surface area contributed by atoms with Crippen LogP contribution in [0, 0.1) is 0 Å². The summed E-state index contributed by atoms with van der Waals surface area (Å²) in [6, 6.07) is 16.4. The molecule has 1 aliphatic heterocycles. The summed E-state index contributed by atoms with van der Waals surface area (Å²) in [5.41, 5.74) is 4.36. The number of carboxylic acids is 1. The predicted octanol–water partition coefficient (Wildman–Crippen LogP) is 4.41. The molecule has 2 aromatic carbocycles. The van der Waals surface area contributed by atoms with Gasteiger partial charge in [-0.2, -0.15) is 0 Å². The smallest absolute Gasteiger partial charge is 0.414 e. The van der Waals surface area contributed by atoms with E-state index in [9.17, 15) is 19.5 Å². The first-order chi connectivity index (χ1) is 17.0. The normalized spacial score (nSPS) is 18.7. The number of aliphatic carboxylic acids is 1. The highest BCUT2D eigenvalue weighted by Gasteiger charge is 2.42. The van der Waals surface area contributed by atoms with Gasteiger partial charge in [0, 0.05) is 17.7 Å². The first-order valence-corrected chi connectivity index (χ1v) is 12.3. The Morgan fingerprint density at radius 1 is 1.14 bits per heavy atom. The molecule has 1 aromatic heterocycles. The molecule has 0 radical (unpaired) electrons. The van der Waals surface area contributed by atoms with E-state index in [0.717, 1.165) is 22.3 Å². The molecule has 2 unspecified atom stereocenters. The zero-order valence-corrected chi connectivity index (χ0v) is 19.7. The fourth-order valence-corrected chi connectivity index (χ4v) is 5.99. The highest BCUT2D eigenvalue weighted by Crippen LogP contribution is 2.44. The number of hydrogen-bond donors (Lipinski definition) is 2. The van der Waals surface area contributed by atoms with Gasteiger partial charge in [-0.3, -0.25) is 10.1 Å². The quantitative estimate of drug-likeness (QED) is 0.518. The third-order valence-corrected chi connectivity index (χ3v) is 7.71. The number of nitrogens with one attached hydrogen (secondary N) is 1. The molecule has 3 aromatic rings. The minimum Gasteiger partial charge on any atom is -0.480 e. The number of carbonyl (C=O) groups is 3. The van der Waals surface area contributed by atoms with E-state index in [1.165, 1.54) is 22.7 Å². The Hall–Kier alpha value is -3.79. The van der Waals surface area contributed by atoms with Crippen molar-refractivity contribution in [3.63, 3.8) is 0 Å². The van der Waals surface area contributed by atoms with Crippen molar-refractivity contribution in [2.24, 2.45) is 0 Å². The van der Waals surface area contributed by atoms with E-state index >= 15 is 0 Å². The van der Waals surface area contributed by atoms with Gasteiger partial charge in [-0.05, 0) is 28.7 Å². The second-order valence-electron chi connectivity index (χ2n) is 8.29. The molecule has 0 saturated carbocycles. The average Bonchev–Trinajstić information content (AvgIpc) is 3.58. The van der Waals surface area contributed by atoms with Crippen molar-refractivity contribution >= 4 is 35.6 Å². The van der Waals surface area contributed by atoms with E-state index in [1.54, 1.807) is 0 Å². The van der Waals surface area contributed by atoms with Crippen molar-refractivity contribution in [1.29, 1.82) is 0 Å². The van der Waals surface area contributed by atoms with Gasteiger partial charge in [0.25, 0.3) is 5.91 Å². The summed E-state index contributed by atoms with van der Waals surface area (Å²) in [7, 11) is 0. The van der Waals surface area contributed by atoms with Gasteiger partial charge in [0.2, 0.25) is 5.88 Å². The number of fused-ring (bicyclic) bond motifs is 3. The highest BCUT2D eigenvalue weighted by molar-refractivity contribution is 8.00. The molecule has 0 spiro atoms. The summed E-state index contributed by atoms with van der Waals surface area (Å²) in [6.45, 7) is 2.01. The molecule has 180 valence electrons. The largest absolute Gasteiger partial charge is 0.480 e. The maximum atomic E-state index is 12.9. The lowest BCUT2D eigenvalue weighted by Crippen LogP contribution is -2.45. The van der Waals surface area contributed by atoms with E-state index in [-0.39, 0.29) is 29.5 Å². The fourth-order valence-electron chi connectivity index (χ4n) is 4.64. The number of carboxylic acid groups (broad SMARTS) is 1. The maximum Gasteiger partial charge on any atom is 0.414 e. The lowest BCUT2D eigenvalue weighted by Gasteiger charge is -2.25. The van der Waals surface area contributed by atoms with Crippen molar-refractivity contribution in [3.05, 3.63) is 71.4 Å². The summed E-state index contributed by atoms with van der Waals surface area (Å²) in [6.07, 6.45) is -0.142. The molecule has 1 saturated heterocycles. The van der Waals surface area contributed by atoms with Crippen LogP contribution in [0.3, 0.4) is 0 Å². The molecule has 2 aliphatic rings. The number of thioether (sulfide) groups is 1. The summed E-state index contributed by atoms with van der Waals surface area (Å²) < 4.78 is 10.6. The lowest BCUT2D eigenvalue weighted by atomic mass is 9.98. The lowest BCUT2D eigenvalue weighted by molar-refractivity contribution is -0.141. The van der Waals surface area contributed by atoms with Crippen LogP contribution in [0.2, 0.25) is 0 Å². The molecule has 2 atom stereocenters. The first-order valence-electron chi connectivity index (χ1n) is 11.2. The van der Waals surface area contributed by atoms with E-state index < -0.39 is 24.0 Å². The predicted molar refractivity (Wildman–Crippen MR) is 129 cm³/mol. The van der Waals surface area contributed by atoms with Crippen LogP contribution >= 0.6 is 11.8 Å². The summed E-state index contributed by atoms with van der Waals surface area (Å²) in [4.78, 5) is 38.3. The molecule has 35 heavy (non-hydrogen) atoms. The SMILES string of the molecule is CCC1SCC(C(=O)O)N1C(=O)c1cc(NC(=O)OCC2c3ccccc3-c3ccccc32)on1. The number of amides is 2. The van der Waals surface area contributed by atoms with Crippen molar-refractivity contribution < 1.29 is 28.8 Å². The minimum atomic E-state index is -1.07. The van der Waals surface area contributed by atoms with Gasteiger partial charge in [-0.15, -0.1) is 11.8 Å². The van der Waals surface area contributed by atoms with Crippen molar-refractivity contribution in [3.8, 4) is 11.1 Å². The van der Waals surface area contributed by atoms with Crippen LogP contribution in [0.5, 0.6) is 0 Å². The van der Waals surface area contributed by atoms with Crippen LogP contribution in [-0.2, 0) is 9.53 Å². The standard InChI is InChI=1S/C25H23N3O6S/c1-2-22-28(20(13-35-22)24(30)31)23(29)19-11-21(34-27-19)26-25(32)33-12-18-16-9-5-3-7-14(16)15-8-4-6-10-17(15)18/h3-11,18,20,22H,2,12-13H2,1H3,(H,26,32)(H,30,31). The van der Waals surface area contributed by atoms with Crippen LogP contribution in [0.15, 0.2) is 59.1 Å². The van der Waals surface area contributed by atoms with Crippen molar-refractivity contribution in [2.75, 3.05) is 17.7 Å². The molecule has 1 aliphatic carbocycles. The third-order valence-electron chi connectivity index (χ3n) is 6.26. The second kappa shape index (κ2) is 9.46.